The molecule has 1 N–H and O–H groups in total. The summed E-state index contributed by atoms with van der Waals surface area (Å²) >= 11 is 11.7. The molecule has 0 aliphatic carbocycles. The number of rotatable bonds is 3. The lowest BCUT2D eigenvalue weighted by Gasteiger charge is -2.37. The predicted octanol–water partition coefficient (Wildman–Crippen LogP) is 2.46. The molecular weight excluding hydrogens is 273 g/mol. The van der Waals surface area contributed by atoms with Crippen molar-refractivity contribution in [2.24, 2.45) is 5.92 Å². The first-order valence-electron chi connectivity index (χ1n) is 5.62. The summed E-state index contributed by atoms with van der Waals surface area (Å²) in [6.07, 6.45) is 3.18. The van der Waals surface area contributed by atoms with Crippen molar-refractivity contribution in [3.05, 3.63) is 39.9 Å². The molecule has 1 aromatic carbocycles. The molecule has 0 radical (unpaired) electrons. The summed E-state index contributed by atoms with van der Waals surface area (Å²) in [5.74, 6) is 0.166. The van der Waals surface area contributed by atoms with Crippen molar-refractivity contribution in [1.29, 1.82) is 0 Å². The monoisotopic (exact) mass is 285 g/mol. The van der Waals surface area contributed by atoms with Crippen molar-refractivity contribution in [3.8, 4) is 0 Å². The number of amides is 1. The average Bonchev–Trinajstić information content (AvgIpc) is 2.23. The molecule has 0 aromatic heterocycles. The third kappa shape index (κ3) is 3.25. The van der Waals surface area contributed by atoms with Crippen LogP contribution in [-0.4, -0.2) is 35.6 Å². The summed E-state index contributed by atoms with van der Waals surface area (Å²) in [5.41, 5.74) is 0.792. The third-order valence-corrected chi connectivity index (χ3v) is 3.27. The van der Waals surface area contributed by atoms with Gasteiger partial charge in [-0.25, -0.2) is 0 Å². The van der Waals surface area contributed by atoms with Gasteiger partial charge >= 0.3 is 0 Å². The van der Waals surface area contributed by atoms with Crippen LogP contribution in [0.25, 0.3) is 6.08 Å². The number of nitrogens with zero attached hydrogens (tertiary/aromatic N) is 1. The van der Waals surface area contributed by atoms with E-state index in [-0.39, 0.29) is 18.4 Å². The average molecular weight is 286 g/mol. The zero-order valence-corrected chi connectivity index (χ0v) is 11.2. The van der Waals surface area contributed by atoms with Gasteiger partial charge in [0.05, 0.1) is 0 Å². The Labute approximate surface area is 116 Å². The molecule has 0 atom stereocenters. The lowest BCUT2D eigenvalue weighted by molar-refractivity contribution is -0.132. The molecule has 1 fully saturated rings. The second-order valence-electron chi connectivity index (χ2n) is 4.33. The molecule has 0 spiro atoms. The Morgan fingerprint density at radius 1 is 1.33 bits per heavy atom. The lowest BCUT2D eigenvalue weighted by Crippen LogP contribution is -2.50. The number of aliphatic hydroxyl groups excluding tert-OH is 1. The van der Waals surface area contributed by atoms with Gasteiger partial charge in [0.1, 0.15) is 0 Å². The van der Waals surface area contributed by atoms with Crippen LogP contribution in [0.4, 0.5) is 0 Å². The van der Waals surface area contributed by atoms with Crippen molar-refractivity contribution in [2.75, 3.05) is 19.7 Å². The number of hydrogen-bond acceptors (Lipinski definition) is 2. The Kier molecular flexibility index (Phi) is 4.27. The van der Waals surface area contributed by atoms with E-state index < -0.39 is 0 Å². The Morgan fingerprint density at radius 2 is 1.94 bits per heavy atom. The first-order valence-corrected chi connectivity index (χ1v) is 6.38. The fourth-order valence-corrected chi connectivity index (χ4v) is 2.35. The molecule has 1 saturated heterocycles. The molecule has 1 aliphatic rings. The molecule has 1 aliphatic heterocycles. The summed E-state index contributed by atoms with van der Waals surface area (Å²) in [4.78, 5) is 13.4. The zero-order valence-electron chi connectivity index (χ0n) is 9.64. The summed E-state index contributed by atoms with van der Waals surface area (Å²) < 4.78 is 0. The van der Waals surface area contributed by atoms with E-state index in [0.717, 1.165) is 5.56 Å². The normalized spacial score (nSPS) is 16.1. The second-order valence-corrected chi connectivity index (χ2v) is 5.20. The molecule has 5 heteroatoms. The van der Waals surface area contributed by atoms with Crippen LogP contribution in [-0.2, 0) is 4.79 Å². The highest BCUT2D eigenvalue weighted by atomic mass is 35.5. The van der Waals surface area contributed by atoms with Gasteiger partial charge in [-0.05, 0) is 29.8 Å². The van der Waals surface area contributed by atoms with Crippen molar-refractivity contribution < 1.29 is 9.90 Å². The number of halogens is 2. The quantitative estimate of drug-likeness (QED) is 0.867. The van der Waals surface area contributed by atoms with Crippen molar-refractivity contribution >= 4 is 35.2 Å². The van der Waals surface area contributed by atoms with Gasteiger partial charge < -0.3 is 10.0 Å². The van der Waals surface area contributed by atoms with E-state index in [1.165, 1.54) is 6.08 Å². The van der Waals surface area contributed by atoms with Gasteiger partial charge in [0.15, 0.2) is 0 Å². The maximum absolute atomic E-state index is 11.7. The smallest absolute Gasteiger partial charge is 0.246 e. The van der Waals surface area contributed by atoms with Gasteiger partial charge in [-0.2, -0.15) is 0 Å². The van der Waals surface area contributed by atoms with Crippen LogP contribution in [0.2, 0.25) is 10.0 Å². The molecule has 0 bridgehead atoms. The zero-order chi connectivity index (χ0) is 13.1. The van der Waals surface area contributed by atoms with E-state index in [9.17, 15) is 4.79 Å². The van der Waals surface area contributed by atoms with Crippen LogP contribution in [0.3, 0.4) is 0 Å². The van der Waals surface area contributed by atoms with Gasteiger partial charge in [0.2, 0.25) is 5.91 Å². The Hall–Kier alpha value is -1.03. The number of carbonyl (C=O) groups is 1. The van der Waals surface area contributed by atoms with Crippen LogP contribution in [0.1, 0.15) is 5.56 Å². The van der Waals surface area contributed by atoms with E-state index >= 15 is 0 Å². The molecule has 3 nitrogen and oxygen atoms in total. The maximum Gasteiger partial charge on any atom is 0.246 e. The topological polar surface area (TPSA) is 40.5 Å². The molecule has 2 rings (SSSR count). The SMILES string of the molecule is O=C(C=Cc1cc(Cl)cc(Cl)c1)N1CC(CO)C1. The number of benzene rings is 1. The highest BCUT2D eigenvalue weighted by molar-refractivity contribution is 6.34. The predicted molar refractivity (Wildman–Crippen MR) is 72.7 cm³/mol. The Morgan fingerprint density at radius 3 is 2.50 bits per heavy atom. The van der Waals surface area contributed by atoms with Crippen LogP contribution < -0.4 is 0 Å². The van der Waals surface area contributed by atoms with E-state index in [4.69, 9.17) is 28.3 Å². The summed E-state index contributed by atoms with van der Waals surface area (Å²) in [5, 5.41) is 9.95. The molecule has 1 amide bonds. The van der Waals surface area contributed by atoms with Gasteiger partial charge in [-0.1, -0.05) is 23.2 Å². The maximum atomic E-state index is 11.7. The summed E-state index contributed by atoms with van der Waals surface area (Å²) in [7, 11) is 0. The van der Waals surface area contributed by atoms with E-state index in [1.807, 2.05) is 0 Å². The number of aliphatic hydroxyl groups is 1. The fraction of sp³-hybridized carbons (Fsp3) is 0.308. The minimum atomic E-state index is -0.0594. The second kappa shape index (κ2) is 5.74. The number of likely N-dealkylation sites (tertiary alicyclic amines) is 1. The van der Waals surface area contributed by atoms with Gasteiger partial charge in [-0.3, -0.25) is 4.79 Å². The molecule has 0 unspecified atom stereocenters. The Bertz CT molecular complexity index is 462. The van der Waals surface area contributed by atoms with Crippen LogP contribution in [0.5, 0.6) is 0 Å². The van der Waals surface area contributed by atoms with Crippen molar-refractivity contribution in [2.45, 2.75) is 0 Å². The standard InChI is InChI=1S/C13H13Cl2NO2/c14-11-3-9(4-12(15)5-11)1-2-13(18)16-6-10(7-16)8-17/h1-5,10,17H,6-8H2. The first kappa shape index (κ1) is 13.4. The van der Waals surface area contributed by atoms with E-state index in [0.29, 0.717) is 23.1 Å². The highest BCUT2D eigenvalue weighted by Gasteiger charge is 2.28. The Balaban J connectivity index is 1.96. The number of hydrogen-bond donors (Lipinski definition) is 1. The van der Waals surface area contributed by atoms with Gasteiger partial charge in [0, 0.05) is 41.7 Å². The van der Waals surface area contributed by atoms with Crippen LogP contribution >= 0.6 is 23.2 Å². The molecule has 0 saturated carbocycles. The van der Waals surface area contributed by atoms with Crippen molar-refractivity contribution in [3.63, 3.8) is 0 Å². The largest absolute Gasteiger partial charge is 0.396 e. The van der Waals surface area contributed by atoms with Crippen LogP contribution in [0.15, 0.2) is 24.3 Å². The van der Waals surface area contributed by atoms with Crippen LogP contribution in [0, 0.1) is 5.92 Å². The molecule has 96 valence electrons. The van der Waals surface area contributed by atoms with E-state index in [1.54, 1.807) is 29.2 Å². The van der Waals surface area contributed by atoms with Gasteiger partial charge in [-0.15, -0.1) is 0 Å². The fourth-order valence-electron chi connectivity index (χ4n) is 1.81. The molecule has 1 aromatic rings. The molecule has 1 heterocycles. The van der Waals surface area contributed by atoms with Crippen molar-refractivity contribution in [1.82, 2.24) is 4.90 Å². The summed E-state index contributed by atoms with van der Waals surface area (Å²) in [6, 6.07) is 5.12. The highest BCUT2D eigenvalue weighted by Crippen LogP contribution is 2.20. The third-order valence-electron chi connectivity index (χ3n) is 2.83. The molecule has 18 heavy (non-hydrogen) atoms. The first-order chi connectivity index (χ1) is 8.58. The van der Waals surface area contributed by atoms with E-state index in [2.05, 4.69) is 0 Å². The lowest BCUT2D eigenvalue weighted by atomic mass is 10.0. The number of carbonyl (C=O) groups excluding carboxylic acids is 1. The minimum absolute atomic E-state index is 0.0594. The van der Waals surface area contributed by atoms with Gasteiger partial charge in [0.25, 0.3) is 0 Å². The minimum Gasteiger partial charge on any atom is -0.396 e. The molecular formula is C13H13Cl2NO2. The summed E-state index contributed by atoms with van der Waals surface area (Å²) in [6.45, 7) is 1.38.